The fourth-order valence-electron chi connectivity index (χ4n) is 3.38. The zero-order chi connectivity index (χ0) is 21.3. The fourth-order valence-corrected chi connectivity index (χ4v) is 4.27. The number of para-hydroxylation sites is 1. The topological polar surface area (TPSA) is 24.4 Å². The third-order valence-corrected chi connectivity index (χ3v) is 6.28. The Kier molecular flexibility index (Phi) is 13.1. The monoisotopic (exact) mass is 424 g/mol. The number of thioether (sulfide) groups is 1. The molecule has 0 aliphatic rings. The van der Waals surface area contributed by atoms with E-state index in [1.54, 1.807) is 0 Å². The molecule has 0 bridgehead atoms. The van der Waals surface area contributed by atoms with E-state index in [0.717, 1.165) is 23.2 Å². The SMILES string of the molecule is CCCCCCCCCCCCSC(=NCc1ccc(C)cc1)Nc1ccccc1. The van der Waals surface area contributed by atoms with Crippen molar-refractivity contribution in [3.63, 3.8) is 0 Å². The number of hydrogen-bond acceptors (Lipinski definition) is 2. The summed E-state index contributed by atoms with van der Waals surface area (Å²) in [4.78, 5) is 4.87. The number of amidine groups is 1. The zero-order valence-electron chi connectivity index (χ0n) is 19.0. The van der Waals surface area contributed by atoms with Crippen molar-refractivity contribution in [3.05, 3.63) is 65.7 Å². The highest BCUT2D eigenvalue weighted by molar-refractivity contribution is 8.14. The molecule has 0 aliphatic carbocycles. The summed E-state index contributed by atoms with van der Waals surface area (Å²) in [6, 6.07) is 19.0. The molecule has 3 heteroatoms. The highest BCUT2D eigenvalue weighted by Gasteiger charge is 2.02. The molecule has 0 heterocycles. The quantitative estimate of drug-likeness (QED) is 0.186. The van der Waals surface area contributed by atoms with Crippen molar-refractivity contribution in [2.24, 2.45) is 4.99 Å². The van der Waals surface area contributed by atoms with Gasteiger partial charge in [-0.1, -0.05) is 125 Å². The lowest BCUT2D eigenvalue weighted by molar-refractivity contribution is 0.563. The first-order valence-electron chi connectivity index (χ1n) is 11.8. The van der Waals surface area contributed by atoms with Crippen LogP contribution in [0, 0.1) is 6.92 Å². The van der Waals surface area contributed by atoms with Gasteiger partial charge in [-0.25, -0.2) is 0 Å². The van der Waals surface area contributed by atoms with Crippen LogP contribution in [0.2, 0.25) is 0 Å². The van der Waals surface area contributed by atoms with Gasteiger partial charge in [0.25, 0.3) is 0 Å². The molecule has 1 N–H and O–H groups in total. The molecule has 0 spiro atoms. The summed E-state index contributed by atoms with van der Waals surface area (Å²) in [6.45, 7) is 5.13. The third kappa shape index (κ3) is 11.4. The van der Waals surface area contributed by atoms with E-state index < -0.39 is 0 Å². The molecule has 0 saturated heterocycles. The Balaban J connectivity index is 1.69. The maximum Gasteiger partial charge on any atom is 0.161 e. The molecule has 164 valence electrons. The largest absolute Gasteiger partial charge is 0.335 e. The van der Waals surface area contributed by atoms with E-state index in [4.69, 9.17) is 4.99 Å². The Morgan fingerprint density at radius 1 is 0.767 bits per heavy atom. The number of anilines is 1. The maximum atomic E-state index is 4.87. The summed E-state index contributed by atoms with van der Waals surface area (Å²) >= 11 is 1.86. The predicted molar refractivity (Wildman–Crippen MR) is 137 cm³/mol. The molecule has 2 rings (SSSR count). The second-order valence-corrected chi connectivity index (χ2v) is 9.21. The van der Waals surface area contributed by atoms with Crippen LogP contribution in [-0.4, -0.2) is 10.9 Å². The van der Waals surface area contributed by atoms with Gasteiger partial charge in [-0.3, -0.25) is 4.99 Å². The van der Waals surface area contributed by atoms with Gasteiger partial charge in [-0.05, 0) is 31.0 Å². The number of benzene rings is 2. The minimum atomic E-state index is 0.723. The number of aliphatic imine (C=N–C) groups is 1. The van der Waals surface area contributed by atoms with Crippen LogP contribution in [0.4, 0.5) is 5.69 Å². The van der Waals surface area contributed by atoms with E-state index in [9.17, 15) is 0 Å². The number of nitrogens with zero attached hydrogens (tertiary/aromatic N) is 1. The predicted octanol–water partition coefficient (Wildman–Crippen LogP) is 8.62. The van der Waals surface area contributed by atoms with Gasteiger partial charge >= 0.3 is 0 Å². The van der Waals surface area contributed by atoms with Crippen LogP contribution in [0.3, 0.4) is 0 Å². The standard InChI is InChI=1S/C27H40N2S/c1-3-4-5-6-7-8-9-10-11-15-22-30-27(29-26-16-13-12-14-17-26)28-23-25-20-18-24(2)19-21-25/h12-14,16-21H,3-11,15,22-23H2,1-2H3,(H,28,29). The van der Waals surface area contributed by atoms with E-state index in [0.29, 0.717) is 0 Å². The molecule has 0 aromatic heterocycles. The third-order valence-electron chi connectivity index (χ3n) is 5.29. The molecule has 0 aliphatic heterocycles. The van der Waals surface area contributed by atoms with Gasteiger partial charge in [0.1, 0.15) is 0 Å². The van der Waals surface area contributed by atoms with Gasteiger partial charge in [-0.2, -0.15) is 0 Å². The summed E-state index contributed by atoms with van der Waals surface area (Å²) in [7, 11) is 0. The van der Waals surface area contributed by atoms with Crippen LogP contribution >= 0.6 is 11.8 Å². The number of aryl methyl sites for hydroxylation is 1. The van der Waals surface area contributed by atoms with Crippen molar-refractivity contribution in [3.8, 4) is 0 Å². The maximum absolute atomic E-state index is 4.87. The second-order valence-electron chi connectivity index (χ2n) is 8.13. The average molecular weight is 425 g/mol. The molecule has 30 heavy (non-hydrogen) atoms. The van der Waals surface area contributed by atoms with Crippen molar-refractivity contribution in [1.29, 1.82) is 0 Å². The lowest BCUT2D eigenvalue weighted by atomic mass is 10.1. The minimum Gasteiger partial charge on any atom is -0.335 e. The lowest BCUT2D eigenvalue weighted by Gasteiger charge is -2.10. The Labute approximate surface area is 189 Å². The molecular weight excluding hydrogens is 384 g/mol. The number of hydrogen-bond donors (Lipinski definition) is 1. The fraction of sp³-hybridized carbons (Fsp3) is 0.519. The van der Waals surface area contributed by atoms with Gasteiger partial charge in [0, 0.05) is 11.4 Å². The highest BCUT2D eigenvalue weighted by Crippen LogP contribution is 2.16. The minimum absolute atomic E-state index is 0.723. The van der Waals surface area contributed by atoms with Crippen LogP contribution in [0.15, 0.2) is 59.6 Å². The van der Waals surface area contributed by atoms with E-state index in [1.807, 2.05) is 17.8 Å². The van der Waals surface area contributed by atoms with Gasteiger partial charge in [0.15, 0.2) is 5.17 Å². The smallest absolute Gasteiger partial charge is 0.161 e. The van der Waals surface area contributed by atoms with Crippen molar-refractivity contribution >= 4 is 22.6 Å². The number of nitrogens with one attached hydrogen (secondary N) is 1. The van der Waals surface area contributed by atoms with Crippen LogP contribution in [0.1, 0.15) is 82.3 Å². The van der Waals surface area contributed by atoms with Crippen LogP contribution in [0.5, 0.6) is 0 Å². The highest BCUT2D eigenvalue weighted by atomic mass is 32.2. The Bertz CT molecular complexity index is 695. The van der Waals surface area contributed by atoms with E-state index >= 15 is 0 Å². The Morgan fingerprint density at radius 3 is 2.00 bits per heavy atom. The average Bonchev–Trinajstić information content (AvgIpc) is 2.77. The first kappa shape index (κ1) is 24.5. The molecule has 0 unspecified atom stereocenters. The Morgan fingerprint density at radius 2 is 1.37 bits per heavy atom. The van der Waals surface area contributed by atoms with Gasteiger partial charge in [0.05, 0.1) is 6.54 Å². The number of rotatable bonds is 14. The van der Waals surface area contributed by atoms with Crippen molar-refractivity contribution in [2.45, 2.75) is 84.6 Å². The second kappa shape index (κ2) is 16.0. The molecule has 2 aromatic carbocycles. The molecular formula is C27H40N2S. The Hall–Kier alpha value is -1.74. The van der Waals surface area contributed by atoms with Crippen LogP contribution in [0.25, 0.3) is 0 Å². The number of unbranched alkanes of at least 4 members (excludes halogenated alkanes) is 9. The summed E-state index contributed by atoms with van der Waals surface area (Å²) in [5, 5.41) is 4.53. The molecule has 0 fully saturated rings. The first-order chi connectivity index (χ1) is 14.8. The first-order valence-corrected chi connectivity index (χ1v) is 12.8. The molecule has 0 radical (unpaired) electrons. The van der Waals surface area contributed by atoms with Crippen LogP contribution in [-0.2, 0) is 6.54 Å². The summed E-state index contributed by atoms with van der Waals surface area (Å²) in [5.74, 6) is 1.13. The lowest BCUT2D eigenvalue weighted by Crippen LogP contribution is -2.09. The molecule has 0 amide bonds. The van der Waals surface area contributed by atoms with E-state index in [1.165, 1.54) is 75.3 Å². The van der Waals surface area contributed by atoms with Crippen LogP contribution < -0.4 is 5.32 Å². The molecule has 0 saturated carbocycles. The van der Waals surface area contributed by atoms with Crippen molar-refractivity contribution < 1.29 is 0 Å². The van der Waals surface area contributed by atoms with E-state index in [2.05, 4.69) is 67.7 Å². The normalized spacial score (nSPS) is 11.6. The van der Waals surface area contributed by atoms with Crippen molar-refractivity contribution in [2.75, 3.05) is 11.1 Å². The van der Waals surface area contributed by atoms with Crippen molar-refractivity contribution in [1.82, 2.24) is 0 Å². The summed E-state index contributed by atoms with van der Waals surface area (Å²) < 4.78 is 0. The molecule has 2 aromatic rings. The summed E-state index contributed by atoms with van der Waals surface area (Å²) in [5.41, 5.74) is 3.66. The van der Waals surface area contributed by atoms with Gasteiger partial charge in [-0.15, -0.1) is 0 Å². The van der Waals surface area contributed by atoms with Gasteiger partial charge < -0.3 is 5.32 Å². The van der Waals surface area contributed by atoms with E-state index in [-0.39, 0.29) is 0 Å². The molecule has 2 nitrogen and oxygen atoms in total. The zero-order valence-corrected chi connectivity index (χ0v) is 19.9. The summed E-state index contributed by atoms with van der Waals surface area (Å²) in [6.07, 6.45) is 13.8. The van der Waals surface area contributed by atoms with Gasteiger partial charge in [0.2, 0.25) is 0 Å². The molecule has 0 atom stereocenters.